The second-order valence-electron chi connectivity index (χ2n) is 2.69. The largest absolute Gasteiger partial charge is 0.496 e. The van der Waals surface area contributed by atoms with Crippen LogP contribution in [0.2, 0.25) is 0 Å². The van der Waals surface area contributed by atoms with Gasteiger partial charge in [-0.2, -0.15) is 0 Å². The van der Waals surface area contributed by atoms with E-state index in [1.165, 1.54) is 0 Å². The lowest BCUT2D eigenvalue weighted by molar-refractivity contribution is 0.412. The van der Waals surface area contributed by atoms with Crippen molar-refractivity contribution in [2.75, 3.05) is 13.7 Å². The smallest absolute Gasteiger partial charge is 0.134 e. The highest BCUT2D eigenvalue weighted by molar-refractivity contribution is 9.10. The van der Waals surface area contributed by atoms with Gasteiger partial charge in [-0.25, -0.2) is 0 Å². The molecule has 0 aliphatic heterocycles. The maximum Gasteiger partial charge on any atom is 0.134 e. The van der Waals surface area contributed by atoms with Crippen LogP contribution in [0.4, 0.5) is 0 Å². The van der Waals surface area contributed by atoms with Crippen molar-refractivity contribution in [2.45, 2.75) is 6.42 Å². The van der Waals surface area contributed by atoms with Crippen LogP contribution in [-0.2, 0) is 0 Å². The third-order valence-corrected chi connectivity index (χ3v) is 2.31. The summed E-state index contributed by atoms with van der Waals surface area (Å²) < 4.78 is 6.09. The van der Waals surface area contributed by atoms with Crippen LogP contribution >= 0.6 is 15.9 Å². The molecule has 0 unspecified atom stereocenters. The van der Waals surface area contributed by atoms with Gasteiger partial charge in [-0.3, -0.25) is 0 Å². The molecular formula is C11H12BrNO. The Bertz CT molecular complexity index is 365. The van der Waals surface area contributed by atoms with Crippen molar-refractivity contribution in [2.24, 2.45) is 5.73 Å². The van der Waals surface area contributed by atoms with E-state index in [1.807, 2.05) is 18.2 Å². The topological polar surface area (TPSA) is 35.2 Å². The maximum atomic E-state index is 5.34. The summed E-state index contributed by atoms with van der Waals surface area (Å²) in [6, 6.07) is 5.76. The first-order chi connectivity index (χ1) is 6.77. The van der Waals surface area contributed by atoms with Crippen LogP contribution in [0.15, 0.2) is 22.7 Å². The monoisotopic (exact) mass is 253 g/mol. The van der Waals surface area contributed by atoms with Crippen LogP contribution in [0.3, 0.4) is 0 Å². The van der Waals surface area contributed by atoms with E-state index in [4.69, 9.17) is 10.5 Å². The van der Waals surface area contributed by atoms with Gasteiger partial charge < -0.3 is 10.5 Å². The van der Waals surface area contributed by atoms with E-state index in [1.54, 1.807) is 7.11 Å². The van der Waals surface area contributed by atoms with Gasteiger partial charge in [0, 0.05) is 18.5 Å². The Kier molecular flexibility index (Phi) is 4.51. The molecule has 0 radical (unpaired) electrons. The van der Waals surface area contributed by atoms with E-state index in [9.17, 15) is 0 Å². The lowest BCUT2D eigenvalue weighted by Gasteiger charge is -2.02. The lowest BCUT2D eigenvalue weighted by Crippen LogP contribution is -1.95. The molecule has 14 heavy (non-hydrogen) atoms. The molecule has 2 N–H and O–H groups in total. The minimum atomic E-state index is 0.598. The third kappa shape index (κ3) is 3.06. The maximum absolute atomic E-state index is 5.34. The van der Waals surface area contributed by atoms with Crippen LogP contribution in [-0.4, -0.2) is 13.7 Å². The molecule has 0 bridgehead atoms. The fraction of sp³-hybridized carbons (Fsp3) is 0.273. The average molecular weight is 254 g/mol. The van der Waals surface area contributed by atoms with Gasteiger partial charge in [-0.15, -0.1) is 0 Å². The van der Waals surface area contributed by atoms with Crippen molar-refractivity contribution in [1.82, 2.24) is 0 Å². The predicted octanol–water partition coefficient (Wildman–Crippen LogP) is 2.16. The lowest BCUT2D eigenvalue weighted by atomic mass is 10.2. The van der Waals surface area contributed by atoms with E-state index in [0.29, 0.717) is 6.54 Å². The molecule has 0 aromatic heterocycles. The molecule has 0 fully saturated rings. The van der Waals surface area contributed by atoms with Crippen molar-refractivity contribution >= 4 is 15.9 Å². The Morgan fingerprint density at radius 3 is 2.93 bits per heavy atom. The zero-order valence-corrected chi connectivity index (χ0v) is 9.60. The highest BCUT2D eigenvalue weighted by Crippen LogP contribution is 2.25. The first-order valence-corrected chi connectivity index (χ1v) is 5.09. The molecule has 0 saturated carbocycles. The molecule has 2 nitrogen and oxygen atoms in total. The van der Waals surface area contributed by atoms with Crippen molar-refractivity contribution in [3.63, 3.8) is 0 Å². The minimum Gasteiger partial charge on any atom is -0.496 e. The summed E-state index contributed by atoms with van der Waals surface area (Å²) in [5.41, 5.74) is 6.28. The van der Waals surface area contributed by atoms with Crippen LogP contribution < -0.4 is 10.5 Å². The van der Waals surface area contributed by atoms with Gasteiger partial charge in [-0.1, -0.05) is 11.8 Å². The summed E-state index contributed by atoms with van der Waals surface area (Å²) >= 11 is 3.38. The van der Waals surface area contributed by atoms with Crippen molar-refractivity contribution < 1.29 is 4.74 Å². The van der Waals surface area contributed by atoms with Gasteiger partial charge in [0.2, 0.25) is 0 Å². The summed E-state index contributed by atoms with van der Waals surface area (Å²) in [5.74, 6) is 6.79. The van der Waals surface area contributed by atoms with E-state index in [0.717, 1.165) is 22.2 Å². The minimum absolute atomic E-state index is 0.598. The molecule has 0 atom stereocenters. The number of nitrogens with two attached hydrogens (primary N) is 1. The number of rotatable bonds is 2. The van der Waals surface area contributed by atoms with Crippen molar-refractivity contribution in [3.05, 3.63) is 28.2 Å². The number of benzene rings is 1. The molecule has 3 heteroatoms. The molecule has 0 spiro atoms. The molecule has 0 heterocycles. The Morgan fingerprint density at radius 2 is 2.29 bits per heavy atom. The Labute approximate surface area is 92.6 Å². The van der Waals surface area contributed by atoms with Gasteiger partial charge in [0.05, 0.1) is 11.6 Å². The quantitative estimate of drug-likeness (QED) is 0.821. The van der Waals surface area contributed by atoms with E-state index < -0.39 is 0 Å². The molecule has 0 amide bonds. The summed E-state index contributed by atoms with van der Waals surface area (Å²) in [6.07, 6.45) is 0.721. The summed E-state index contributed by atoms with van der Waals surface area (Å²) in [4.78, 5) is 0. The van der Waals surface area contributed by atoms with Gasteiger partial charge in [0.1, 0.15) is 5.75 Å². The summed E-state index contributed by atoms with van der Waals surface area (Å²) in [7, 11) is 1.64. The first kappa shape index (κ1) is 11.1. The highest BCUT2D eigenvalue weighted by Gasteiger charge is 1.98. The van der Waals surface area contributed by atoms with Crippen LogP contribution in [0.1, 0.15) is 12.0 Å². The second kappa shape index (κ2) is 5.69. The van der Waals surface area contributed by atoms with Crippen LogP contribution in [0, 0.1) is 11.8 Å². The molecule has 1 rings (SSSR count). The SMILES string of the molecule is COc1cc(C#CCCN)ccc1Br. The van der Waals surface area contributed by atoms with E-state index >= 15 is 0 Å². The Morgan fingerprint density at radius 1 is 1.50 bits per heavy atom. The van der Waals surface area contributed by atoms with Gasteiger partial charge in [0.15, 0.2) is 0 Å². The third-order valence-electron chi connectivity index (χ3n) is 1.65. The number of halogens is 1. The zero-order valence-electron chi connectivity index (χ0n) is 8.01. The van der Waals surface area contributed by atoms with Crippen molar-refractivity contribution in [1.29, 1.82) is 0 Å². The van der Waals surface area contributed by atoms with Crippen molar-refractivity contribution in [3.8, 4) is 17.6 Å². The van der Waals surface area contributed by atoms with E-state index in [-0.39, 0.29) is 0 Å². The normalized spacial score (nSPS) is 9.07. The zero-order chi connectivity index (χ0) is 10.4. The van der Waals surface area contributed by atoms with Crippen LogP contribution in [0.5, 0.6) is 5.75 Å². The number of hydrogen-bond acceptors (Lipinski definition) is 2. The predicted molar refractivity (Wildman–Crippen MR) is 61.2 cm³/mol. The van der Waals surface area contributed by atoms with Gasteiger partial charge >= 0.3 is 0 Å². The van der Waals surface area contributed by atoms with Gasteiger partial charge in [0.25, 0.3) is 0 Å². The molecule has 1 aromatic carbocycles. The fourth-order valence-electron chi connectivity index (χ4n) is 0.974. The number of hydrogen-bond donors (Lipinski definition) is 1. The highest BCUT2D eigenvalue weighted by atomic mass is 79.9. The molecule has 0 saturated heterocycles. The second-order valence-corrected chi connectivity index (χ2v) is 3.54. The number of methoxy groups -OCH3 is 1. The standard InChI is InChI=1S/C11H12BrNO/c1-14-11-8-9(4-2-3-7-13)5-6-10(11)12/h5-6,8H,3,7,13H2,1H3. The Hall–Kier alpha value is -0.980. The molecule has 74 valence electrons. The fourth-order valence-corrected chi connectivity index (χ4v) is 1.38. The Balaban J connectivity index is 2.86. The molecule has 0 aliphatic carbocycles. The summed E-state index contributed by atoms with van der Waals surface area (Å²) in [5, 5.41) is 0. The van der Waals surface area contributed by atoms with E-state index in [2.05, 4.69) is 27.8 Å². The van der Waals surface area contributed by atoms with Gasteiger partial charge in [-0.05, 0) is 34.1 Å². The average Bonchev–Trinajstić information content (AvgIpc) is 2.21. The number of ether oxygens (including phenoxy) is 1. The molecule has 1 aromatic rings. The summed E-state index contributed by atoms with van der Waals surface area (Å²) in [6.45, 7) is 0.598. The molecular weight excluding hydrogens is 242 g/mol. The first-order valence-electron chi connectivity index (χ1n) is 4.30. The van der Waals surface area contributed by atoms with Crippen LogP contribution in [0.25, 0.3) is 0 Å². The molecule has 0 aliphatic rings.